The molecule has 0 saturated heterocycles. The minimum absolute atomic E-state index is 0.140. The van der Waals surface area contributed by atoms with Gasteiger partial charge in [0, 0.05) is 16.6 Å². The van der Waals surface area contributed by atoms with Gasteiger partial charge in [-0.15, -0.1) is 0 Å². The molecule has 0 aliphatic heterocycles. The van der Waals surface area contributed by atoms with Gasteiger partial charge in [-0.25, -0.2) is 4.39 Å². The highest BCUT2D eigenvalue weighted by molar-refractivity contribution is 6.07. The average Bonchev–Trinajstić information content (AvgIpc) is 2.61. The van der Waals surface area contributed by atoms with Crippen LogP contribution in [-0.4, -0.2) is 22.0 Å². The molecule has 1 heterocycles. The Balaban J connectivity index is 2.05. The fraction of sp³-hybridized carbons (Fsp3) is 0.227. The number of carbonyl (C=O) groups is 2. The molecule has 1 aromatic heterocycles. The maximum Gasteiger partial charge on any atom is 0.305 e. The summed E-state index contributed by atoms with van der Waals surface area (Å²) in [6, 6.07) is 10.4. The lowest BCUT2D eigenvalue weighted by Crippen LogP contribution is -2.31. The zero-order chi connectivity index (χ0) is 20.4. The Morgan fingerprint density at radius 3 is 2.54 bits per heavy atom. The topological polar surface area (TPSA) is 79.3 Å². The molecular weight excluding hydrogens is 359 g/mol. The van der Waals surface area contributed by atoms with Crippen LogP contribution in [0.15, 0.2) is 42.5 Å². The molecule has 28 heavy (non-hydrogen) atoms. The SMILES string of the molecule is Cc1cc(C)c2nc(C)cc(C(=O)N[C@H](CC(=O)O)c3ccccc3F)c2c1. The van der Waals surface area contributed by atoms with Gasteiger partial charge >= 0.3 is 5.97 Å². The van der Waals surface area contributed by atoms with Gasteiger partial charge in [0.15, 0.2) is 0 Å². The number of carboxylic acids is 1. The van der Waals surface area contributed by atoms with E-state index in [9.17, 15) is 19.1 Å². The summed E-state index contributed by atoms with van der Waals surface area (Å²) in [5.41, 5.74) is 3.85. The minimum Gasteiger partial charge on any atom is -0.481 e. The molecule has 0 bridgehead atoms. The smallest absolute Gasteiger partial charge is 0.305 e. The first-order valence-corrected chi connectivity index (χ1v) is 8.92. The highest BCUT2D eigenvalue weighted by Gasteiger charge is 2.23. The Morgan fingerprint density at radius 2 is 1.86 bits per heavy atom. The van der Waals surface area contributed by atoms with Gasteiger partial charge in [0.25, 0.3) is 5.91 Å². The molecule has 0 unspecified atom stereocenters. The van der Waals surface area contributed by atoms with E-state index >= 15 is 0 Å². The van der Waals surface area contributed by atoms with Crippen molar-refractivity contribution in [3.63, 3.8) is 0 Å². The molecular formula is C22H21FN2O3. The Hall–Kier alpha value is -3.28. The molecule has 0 spiro atoms. The van der Waals surface area contributed by atoms with E-state index in [0.29, 0.717) is 16.6 Å². The summed E-state index contributed by atoms with van der Waals surface area (Å²) in [5.74, 6) is -2.15. The fourth-order valence-electron chi connectivity index (χ4n) is 3.40. The summed E-state index contributed by atoms with van der Waals surface area (Å²) in [7, 11) is 0. The average molecular weight is 380 g/mol. The van der Waals surface area contributed by atoms with Gasteiger partial charge < -0.3 is 10.4 Å². The number of carbonyl (C=O) groups excluding carboxylic acids is 1. The van der Waals surface area contributed by atoms with Gasteiger partial charge in [-0.3, -0.25) is 14.6 Å². The van der Waals surface area contributed by atoms with Crippen molar-refractivity contribution in [2.75, 3.05) is 0 Å². The van der Waals surface area contributed by atoms with Gasteiger partial charge in [-0.1, -0.05) is 29.8 Å². The van der Waals surface area contributed by atoms with Crippen LogP contribution in [0.2, 0.25) is 0 Å². The van der Waals surface area contributed by atoms with Crippen LogP contribution in [0.5, 0.6) is 0 Å². The number of fused-ring (bicyclic) bond motifs is 1. The van der Waals surface area contributed by atoms with E-state index in [2.05, 4.69) is 10.3 Å². The second-order valence-corrected chi connectivity index (χ2v) is 6.93. The summed E-state index contributed by atoms with van der Waals surface area (Å²) in [6.45, 7) is 5.65. The molecule has 3 rings (SSSR count). The Morgan fingerprint density at radius 1 is 1.14 bits per heavy atom. The molecule has 144 valence electrons. The normalized spacial score (nSPS) is 12.0. The molecule has 1 atom stereocenters. The summed E-state index contributed by atoms with van der Waals surface area (Å²) in [4.78, 5) is 28.9. The van der Waals surface area contributed by atoms with E-state index in [4.69, 9.17) is 0 Å². The van der Waals surface area contributed by atoms with E-state index in [-0.39, 0.29) is 5.56 Å². The monoisotopic (exact) mass is 380 g/mol. The minimum atomic E-state index is -1.13. The number of pyridine rings is 1. The van der Waals surface area contributed by atoms with Gasteiger partial charge in [-0.05, 0) is 44.5 Å². The van der Waals surface area contributed by atoms with Crippen molar-refractivity contribution in [3.8, 4) is 0 Å². The number of hydrogen-bond donors (Lipinski definition) is 2. The van der Waals surface area contributed by atoms with Gasteiger partial charge in [-0.2, -0.15) is 0 Å². The lowest BCUT2D eigenvalue weighted by molar-refractivity contribution is -0.137. The quantitative estimate of drug-likeness (QED) is 0.694. The first-order valence-electron chi connectivity index (χ1n) is 8.92. The summed E-state index contributed by atoms with van der Waals surface area (Å²) in [5, 5.41) is 12.6. The van der Waals surface area contributed by atoms with Crippen LogP contribution in [0.3, 0.4) is 0 Å². The molecule has 0 radical (unpaired) electrons. The van der Waals surface area contributed by atoms with Gasteiger partial charge in [0.2, 0.25) is 0 Å². The third-order valence-electron chi connectivity index (χ3n) is 4.59. The highest BCUT2D eigenvalue weighted by atomic mass is 19.1. The van der Waals surface area contributed by atoms with Crippen LogP contribution >= 0.6 is 0 Å². The first kappa shape index (κ1) is 19.5. The van der Waals surface area contributed by atoms with E-state index in [1.54, 1.807) is 19.1 Å². The number of halogens is 1. The van der Waals surface area contributed by atoms with Crippen LogP contribution in [0, 0.1) is 26.6 Å². The molecule has 5 nitrogen and oxygen atoms in total. The molecule has 0 saturated carbocycles. The Kier molecular flexibility index (Phi) is 5.40. The standard InChI is InChI=1S/C22H21FN2O3/c1-12-8-13(2)21-16(9-12)17(10-14(3)24-21)22(28)25-19(11-20(26)27)15-6-4-5-7-18(15)23/h4-10,19H,11H2,1-3H3,(H,25,28)(H,26,27)/t19-/m1/s1. The maximum absolute atomic E-state index is 14.2. The van der Waals surface area contributed by atoms with Crippen LogP contribution in [-0.2, 0) is 4.79 Å². The first-order chi connectivity index (χ1) is 13.3. The zero-order valence-corrected chi connectivity index (χ0v) is 15.9. The number of aromatic nitrogens is 1. The number of hydrogen-bond acceptors (Lipinski definition) is 3. The molecule has 0 fully saturated rings. The van der Waals surface area contributed by atoms with Crippen LogP contribution in [0.1, 0.15) is 45.2 Å². The summed E-state index contributed by atoms with van der Waals surface area (Å²) >= 11 is 0. The third-order valence-corrected chi connectivity index (χ3v) is 4.59. The van der Waals surface area contributed by atoms with Crippen molar-refractivity contribution in [2.24, 2.45) is 0 Å². The molecule has 6 heteroatoms. The molecule has 0 aliphatic carbocycles. The number of carboxylic acid groups (broad SMARTS) is 1. The number of nitrogens with zero attached hydrogens (tertiary/aromatic N) is 1. The van der Waals surface area contributed by atoms with Crippen LogP contribution in [0.25, 0.3) is 10.9 Å². The lowest BCUT2D eigenvalue weighted by atomic mass is 9.99. The van der Waals surface area contributed by atoms with Gasteiger partial charge in [0.05, 0.1) is 23.5 Å². The molecule has 2 N–H and O–H groups in total. The van der Waals surface area contributed by atoms with E-state index in [1.165, 1.54) is 18.2 Å². The second kappa shape index (κ2) is 7.76. The van der Waals surface area contributed by atoms with E-state index < -0.39 is 30.2 Å². The Labute approximate surface area is 162 Å². The predicted molar refractivity (Wildman–Crippen MR) is 105 cm³/mol. The summed E-state index contributed by atoms with van der Waals surface area (Å²) < 4.78 is 14.2. The Bertz CT molecular complexity index is 1080. The van der Waals surface area contributed by atoms with Crippen molar-refractivity contribution in [3.05, 3.63) is 76.2 Å². The molecule has 2 aromatic carbocycles. The van der Waals surface area contributed by atoms with Crippen molar-refractivity contribution in [1.82, 2.24) is 10.3 Å². The second-order valence-electron chi connectivity index (χ2n) is 6.93. The number of amides is 1. The number of aryl methyl sites for hydroxylation is 3. The van der Waals surface area contributed by atoms with Crippen molar-refractivity contribution in [2.45, 2.75) is 33.2 Å². The zero-order valence-electron chi connectivity index (χ0n) is 15.9. The number of nitrogens with one attached hydrogen (secondary N) is 1. The third kappa shape index (κ3) is 4.01. The van der Waals surface area contributed by atoms with Crippen molar-refractivity contribution in [1.29, 1.82) is 0 Å². The number of rotatable bonds is 5. The van der Waals surface area contributed by atoms with Crippen LogP contribution < -0.4 is 5.32 Å². The molecule has 0 aliphatic rings. The number of benzene rings is 2. The maximum atomic E-state index is 14.2. The molecule has 1 amide bonds. The van der Waals surface area contributed by atoms with Crippen LogP contribution in [0.4, 0.5) is 4.39 Å². The largest absolute Gasteiger partial charge is 0.481 e. The highest BCUT2D eigenvalue weighted by Crippen LogP contribution is 2.25. The van der Waals surface area contributed by atoms with Gasteiger partial charge in [0.1, 0.15) is 5.82 Å². The number of aliphatic carboxylic acids is 1. The fourth-order valence-corrected chi connectivity index (χ4v) is 3.40. The molecule has 3 aromatic rings. The van der Waals surface area contributed by atoms with Crippen molar-refractivity contribution < 1.29 is 19.1 Å². The van der Waals surface area contributed by atoms with E-state index in [0.717, 1.165) is 16.6 Å². The van der Waals surface area contributed by atoms with E-state index in [1.807, 2.05) is 26.0 Å². The van der Waals surface area contributed by atoms with Crippen molar-refractivity contribution >= 4 is 22.8 Å². The lowest BCUT2D eigenvalue weighted by Gasteiger charge is -2.19. The summed E-state index contributed by atoms with van der Waals surface area (Å²) in [6.07, 6.45) is -0.424. The predicted octanol–water partition coefficient (Wildman–Crippen LogP) is 4.24.